The van der Waals surface area contributed by atoms with Crippen LogP contribution in [0.2, 0.25) is 0 Å². The van der Waals surface area contributed by atoms with Crippen molar-refractivity contribution in [3.8, 4) is 6.07 Å². The van der Waals surface area contributed by atoms with E-state index >= 15 is 0 Å². The van der Waals surface area contributed by atoms with Gasteiger partial charge in [0.2, 0.25) is 0 Å². The molecular formula is C8H3Br2NO2. The van der Waals surface area contributed by atoms with E-state index in [9.17, 15) is 4.79 Å². The first-order valence-electron chi connectivity index (χ1n) is 3.18. The Labute approximate surface area is 91.2 Å². The quantitative estimate of drug-likeness (QED) is 0.868. The number of carboxylic acids is 1. The first kappa shape index (κ1) is 10.2. The van der Waals surface area contributed by atoms with Gasteiger partial charge in [-0.15, -0.1) is 0 Å². The molecule has 0 atom stereocenters. The van der Waals surface area contributed by atoms with Gasteiger partial charge in [-0.2, -0.15) is 5.26 Å². The van der Waals surface area contributed by atoms with Crippen LogP contribution in [0.1, 0.15) is 15.9 Å². The van der Waals surface area contributed by atoms with Crippen molar-refractivity contribution in [2.75, 3.05) is 0 Å². The summed E-state index contributed by atoms with van der Waals surface area (Å²) < 4.78 is 1.06. The van der Waals surface area contributed by atoms with Crippen molar-refractivity contribution in [2.24, 2.45) is 0 Å². The number of benzene rings is 1. The van der Waals surface area contributed by atoms with Crippen LogP contribution < -0.4 is 0 Å². The monoisotopic (exact) mass is 303 g/mol. The van der Waals surface area contributed by atoms with Crippen LogP contribution in [0.15, 0.2) is 21.1 Å². The van der Waals surface area contributed by atoms with E-state index in [1.807, 2.05) is 6.07 Å². The summed E-state index contributed by atoms with van der Waals surface area (Å²) in [5.41, 5.74) is 0.124. The number of carboxylic acid groups (broad SMARTS) is 1. The molecule has 0 bridgehead atoms. The van der Waals surface area contributed by atoms with Gasteiger partial charge >= 0.3 is 5.97 Å². The standard InChI is InChI=1S/C8H3Br2NO2/c9-5-1-4(3-11)7(8(12)13)6(10)2-5/h1-2H,(H,12,13). The molecule has 0 aliphatic rings. The topological polar surface area (TPSA) is 61.1 Å². The average molecular weight is 305 g/mol. The lowest BCUT2D eigenvalue weighted by atomic mass is 10.1. The summed E-state index contributed by atoms with van der Waals surface area (Å²) >= 11 is 6.24. The highest BCUT2D eigenvalue weighted by Gasteiger charge is 2.14. The van der Waals surface area contributed by atoms with Crippen molar-refractivity contribution in [2.45, 2.75) is 0 Å². The van der Waals surface area contributed by atoms with Crippen molar-refractivity contribution >= 4 is 37.8 Å². The molecule has 66 valence electrons. The third-order valence-electron chi connectivity index (χ3n) is 1.39. The highest BCUT2D eigenvalue weighted by Crippen LogP contribution is 2.25. The van der Waals surface area contributed by atoms with E-state index in [4.69, 9.17) is 10.4 Å². The molecule has 0 amide bonds. The van der Waals surface area contributed by atoms with Gasteiger partial charge in [-0.1, -0.05) is 15.9 Å². The maximum atomic E-state index is 10.7. The predicted octanol–water partition coefficient (Wildman–Crippen LogP) is 2.78. The first-order valence-corrected chi connectivity index (χ1v) is 4.77. The maximum absolute atomic E-state index is 10.7. The number of carbonyl (C=O) groups is 1. The van der Waals surface area contributed by atoms with Crippen molar-refractivity contribution in [1.82, 2.24) is 0 Å². The molecule has 1 aromatic rings. The highest BCUT2D eigenvalue weighted by atomic mass is 79.9. The molecule has 1 rings (SSSR count). The zero-order chi connectivity index (χ0) is 10.0. The fourth-order valence-electron chi connectivity index (χ4n) is 0.879. The summed E-state index contributed by atoms with van der Waals surface area (Å²) in [6, 6.07) is 4.87. The molecule has 5 heteroatoms. The van der Waals surface area contributed by atoms with E-state index in [0.29, 0.717) is 8.95 Å². The second kappa shape index (κ2) is 3.90. The van der Waals surface area contributed by atoms with Gasteiger partial charge in [-0.3, -0.25) is 0 Å². The van der Waals surface area contributed by atoms with E-state index in [0.717, 1.165) is 0 Å². The van der Waals surface area contributed by atoms with Crippen molar-refractivity contribution in [3.05, 3.63) is 32.2 Å². The molecule has 1 N–H and O–H groups in total. The minimum atomic E-state index is -1.11. The number of halogens is 2. The average Bonchev–Trinajstić information content (AvgIpc) is 2.01. The van der Waals surface area contributed by atoms with Crippen LogP contribution in [0.3, 0.4) is 0 Å². The fraction of sp³-hybridized carbons (Fsp3) is 0. The zero-order valence-corrected chi connectivity index (χ0v) is 9.39. The lowest BCUT2D eigenvalue weighted by Crippen LogP contribution is -2.01. The summed E-state index contributed by atoms with van der Waals surface area (Å²) in [7, 11) is 0. The van der Waals surface area contributed by atoms with Gasteiger partial charge in [0.1, 0.15) is 6.07 Å². The van der Waals surface area contributed by atoms with Crippen molar-refractivity contribution < 1.29 is 9.90 Å². The van der Waals surface area contributed by atoms with Gasteiger partial charge in [0.05, 0.1) is 11.1 Å². The molecule has 0 heterocycles. The van der Waals surface area contributed by atoms with Gasteiger partial charge in [0.25, 0.3) is 0 Å². The molecule has 0 aromatic heterocycles. The Hall–Kier alpha value is -0.860. The van der Waals surface area contributed by atoms with Gasteiger partial charge < -0.3 is 5.11 Å². The van der Waals surface area contributed by atoms with Crippen LogP contribution in [0.25, 0.3) is 0 Å². The molecule has 0 saturated carbocycles. The zero-order valence-electron chi connectivity index (χ0n) is 6.21. The summed E-state index contributed by atoms with van der Waals surface area (Å²) in [6.07, 6.45) is 0. The van der Waals surface area contributed by atoms with E-state index in [1.165, 1.54) is 6.07 Å². The number of rotatable bonds is 1. The number of aromatic carboxylic acids is 1. The van der Waals surface area contributed by atoms with E-state index in [1.54, 1.807) is 6.07 Å². The summed E-state index contributed by atoms with van der Waals surface area (Å²) in [5.74, 6) is -1.11. The Morgan fingerprint density at radius 3 is 2.54 bits per heavy atom. The normalized spacial score (nSPS) is 9.31. The number of hydrogen-bond acceptors (Lipinski definition) is 2. The third kappa shape index (κ3) is 2.08. The first-order chi connectivity index (χ1) is 6.06. The molecule has 13 heavy (non-hydrogen) atoms. The van der Waals surface area contributed by atoms with E-state index in [-0.39, 0.29) is 11.1 Å². The minimum Gasteiger partial charge on any atom is -0.478 e. The molecule has 3 nitrogen and oxygen atoms in total. The molecule has 0 fully saturated rings. The Morgan fingerprint density at radius 2 is 2.08 bits per heavy atom. The Bertz CT molecular complexity index is 409. The number of nitrogens with zero attached hydrogens (tertiary/aromatic N) is 1. The van der Waals surface area contributed by atoms with Crippen LogP contribution in [-0.4, -0.2) is 11.1 Å². The second-order valence-electron chi connectivity index (χ2n) is 2.23. The Kier molecular flexibility index (Phi) is 3.07. The smallest absolute Gasteiger partial charge is 0.338 e. The van der Waals surface area contributed by atoms with Crippen molar-refractivity contribution in [1.29, 1.82) is 5.26 Å². The predicted molar refractivity (Wildman–Crippen MR) is 53.5 cm³/mol. The lowest BCUT2D eigenvalue weighted by molar-refractivity contribution is 0.0695. The van der Waals surface area contributed by atoms with Crippen LogP contribution in [0.5, 0.6) is 0 Å². The SMILES string of the molecule is N#Cc1cc(Br)cc(Br)c1C(=O)O. The van der Waals surface area contributed by atoms with E-state index in [2.05, 4.69) is 31.9 Å². The van der Waals surface area contributed by atoms with Crippen LogP contribution >= 0.6 is 31.9 Å². The molecule has 0 aliphatic heterocycles. The molecule has 0 spiro atoms. The summed E-state index contributed by atoms with van der Waals surface area (Å²) in [5, 5.41) is 17.4. The minimum absolute atomic E-state index is 0.00861. The summed E-state index contributed by atoms with van der Waals surface area (Å²) in [4.78, 5) is 10.7. The molecule has 0 unspecified atom stereocenters. The fourth-order valence-corrected chi connectivity index (χ4v) is 2.27. The van der Waals surface area contributed by atoms with Gasteiger partial charge in [0.15, 0.2) is 0 Å². The molecule has 0 radical (unpaired) electrons. The van der Waals surface area contributed by atoms with Gasteiger partial charge in [-0.05, 0) is 28.1 Å². The largest absolute Gasteiger partial charge is 0.478 e. The van der Waals surface area contributed by atoms with Crippen LogP contribution in [0, 0.1) is 11.3 Å². The lowest BCUT2D eigenvalue weighted by Gasteiger charge is -2.01. The highest BCUT2D eigenvalue weighted by molar-refractivity contribution is 9.11. The van der Waals surface area contributed by atoms with Crippen LogP contribution in [0.4, 0.5) is 0 Å². The van der Waals surface area contributed by atoms with Crippen molar-refractivity contribution in [3.63, 3.8) is 0 Å². The van der Waals surface area contributed by atoms with Gasteiger partial charge in [0, 0.05) is 8.95 Å². The second-order valence-corrected chi connectivity index (χ2v) is 4.00. The third-order valence-corrected chi connectivity index (χ3v) is 2.47. The number of hydrogen-bond donors (Lipinski definition) is 1. The molecule has 1 aromatic carbocycles. The maximum Gasteiger partial charge on any atom is 0.338 e. The van der Waals surface area contributed by atoms with E-state index < -0.39 is 5.97 Å². The summed E-state index contributed by atoms with van der Waals surface area (Å²) in [6.45, 7) is 0. The van der Waals surface area contributed by atoms with Crippen LogP contribution in [-0.2, 0) is 0 Å². The Morgan fingerprint density at radius 1 is 1.46 bits per heavy atom. The molecule has 0 aliphatic carbocycles. The van der Waals surface area contributed by atoms with Gasteiger partial charge in [-0.25, -0.2) is 4.79 Å². The molecular weight excluding hydrogens is 302 g/mol. The molecule has 0 saturated heterocycles. The Balaban J connectivity index is 3.50. The number of nitriles is 1.